The van der Waals surface area contributed by atoms with Crippen molar-refractivity contribution in [2.45, 2.75) is 5.33 Å². The maximum Gasteiger partial charge on any atom is 0.113 e. The first-order chi connectivity index (χ1) is 5.27. The summed E-state index contributed by atoms with van der Waals surface area (Å²) >= 11 is 5.42. The van der Waals surface area contributed by atoms with Gasteiger partial charge < -0.3 is 0 Å². The molecule has 1 aromatic rings. The molecule has 0 unspecified atom stereocenters. The molecule has 0 aliphatic heterocycles. The molecule has 0 spiro atoms. The second kappa shape index (κ2) is 4.15. The Morgan fingerprint density at radius 1 is 1.55 bits per heavy atom. The quantitative estimate of drug-likeness (QED) is 0.464. The number of hydrogen-bond donors (Lipinski definition) is 0. The van der Waals surface area contributed by atoms with Crippen LogP contribution < -0.4 is 0 Å². The van der Waals surface area contributed by atoms with Gasteiger partial charge in [0.15, 0.2) is 0 Å². The molecule has 0 N–H and O–H groups in total. The van der Waals surface area contributed by atoms with E-state index in [2.05, 4.69) is 43.7 Å². The van der Waals surface area contributed by atoms with Crippen molar-refractivity contribution in [2.24, 2.45) is 5.18 Å². The monoisotopic (exact) mass is 325 g/mol. The van der Waals surface area contributed by atoms with Crippen molar-refractivity contribution in [3.05, 3.63) is 32.2 Å². The molecule has 0 bridgehead atoms. The molecule has 0 saturated carbocycles. The van der Waals surface area contributed by atoms with Gasteiger partial charge in [-0.1, -0.05) is 22.0 Å². The molecule has 0 aliphatic rings. The third-order valence-electron chi connectivity index (χ3n) is 1.29. The van der Waals surface area contributed by atoms with Crippen molar-refractivity contribution < 1.29 is 0 Å². The predicted molar refractivity (Wildman–Crippen MR) is 57.2 cm³/mol. The molecule has 0 aromatic heterocycles. The Morgan fingerprint density at radius 2 is 2.27 bits per heavy atom. The first-order valence-electron chi connectivity index (χ1n) is 2.95. The molecule has 2 nitrogen and oxygen atoms in total. The number of nitrogens with zero attached hydrogens (tertiary/aromatic N) is 1. The minimum Gasteiger partial charge on any atom is -0.145 e. The van der Waals surface area contributed by atoms with Crippen LogP contribution in [0.25, 0.3) is 0 Å². The van der Waals surface area contributed by atoms with E-state index in [9.17, 15) is 4.91 Å². The average Bonchev–Trinajstić information content (AvgIpc) is 2.04. The summed E-state index contributed by atoms with van der Waals surface area (Å²) in [5.74, 6) is 0. The fourth-order valence-electron chi connectivity index (χ4n) is 0.735. The van der Waals surface area contributed by atoms with Gasteiger partial charge in [-0.2, -0.15) is 0 Å². The van der Waals surface area contributed by atoms with E-state index < -0.39 is 0 Å². The van der Waals surface area contributed by atoms with Gasteiger partial charge in [-0.05, 0) is 45.5 Å². The summed E-state index contributed by atoms with van der Waals surface area (Å²) < 4.78 is 1.03. The Balaban J connectivity index is 3.16. The minimum absolute atomic E-state index is 0.522. The number of halogens is 2. The summed E-state index contributed by atoms with van der Waals surface area (Å²) in [4.78, 5) is 10.3. The van der Waals surface area contributed by atoms with Crippen LogP contribution in [0.3, 0.4) is 0 Å². The van der Waals surface area contributed by atoms with Crippen LogP contribution in [0.1, 0.15) is 5.56 Å². The molecule has 0 radical (unpaired) electrons. The Hall–Kier alpha value is 0.0300. The van der Waals surface area contributed by atoms with E-state index in [1.807, 2.05) is 12.1 Å². The van der Waals surface area contributed by atoms with Crippen LogP contribution in [-0.4, -0.2) is 0 Å². The second-order valence-electron chi connectivity index (χ2n) is 2.00. The summed E-state index contributed by atoms with van der Waals surface area (Å²) in [6.45, 7) is 0. The molecule has 4 heteroatoms. The molecule has 58 valence electrons. The fourth-order valence-corrected chi connectivity index (χ4v) is 1.68. The summed E-state index contributed by atoms with van der Waals surface area (Å²) in [5, 5.41) is 3.59. The number of rotatable bonds is 2. The molecule has 1 aromatic carbocycles. The van der Waals surface area contributed by atoms with Crippen LogP contribution in [0.2, 0.25) is 0 Å². The number of alkyl halides is 1. The Bertz CT molecular complexity index is 277. The lowest BCUT2D eigenvalue weighted by atomic mass is 10.2. The third kappa shape index (κ3) is 2.23. The van der Waals surface area contributed by atoms with Gasteiger partial charge in [0, 0.05) is 8.90 Å². The zero-order chi connectivity index (χ0) is 8.27. The van der Waals surface area contributed by atoms with Gasteiger partial charge in [-0.25, -0.2) is 0 Å². The van der Waals surface area contributed by atoms with Crippen molar-refractivity contribution in [2.75, 3.05) is 0 Å². The molecular formula is C7H5BrINO. The highest BCUT2D eigenvalue weighted by molar-refractivity contribution is 14.1. The fraction of sp³-hybridized carbons (Fsp3) is 0.143. The number of nitroso groups, excluding NO2 is 1. The van der Waals surface area contributed by atoms with E-state index in [0.29, 0.717) is 11.0 Å². The van der Waals surface area contributed by atoms with Crippen LogP contribution in [0.15, 0.2) is 23.4 Å². The Kier molecular flexibility index (Phi) is 3.45. The van der Waals surface area contributed by atoms with Crippen molar-refractivity contribution >= 4 is 44.2 Å². The van der Waals surface area contributed by atoms with E-state index in [4.69, 9.17) is 0 Å². The molecule has 0 fully saturated rings. The van der Waals surface area contributed by atoms with Crippen LogP contribution in [0.4, 0.5) is 5.69 Å². The van der Waals surface area contributed by atoms with Gasteiger partial charge in [0.05, 0.1) is 0 Å². The highest BCUT2D eigenvalue weighted by Gasteiger charge is 2.00. The topological polar surface area (TPSA) is 29.4 Å². The molecule has 0 atom stereocenters. The van der Waals surface area contributed by atoms with Crippen molar-refractivity contribution in [3.63, 3.8) is 0 Å². The average molecular weight is 326 g/mol. The van der Waals surface area contributed by atoms with Gasteiger partial charge >= 0.3 is 0 Å². The highest BCUT2D eigenvalue weighted by Crippen LogP contribution is 2.23. The van der Waals surface area contributed by atoms with Crippen molar-refractivity contribution in [3.8, 4) is 0 Å². The zero-order valence-electron chi connectivity index (χ0n) is 5.55. The molecular weight excluding hydrogens is 321 g/mol. The van der Waals surface area contributed by atoms with Crippen LogP contribution in [0.5, 0.6) is 0 Å². The van der Waals surface area contributed by atoms with E-state index in [1.54, 1.807) is 6.07 Å². The van der Waals surface area contributed by atoms with E-state index >= 15 is 0 Å². The maximum atomic E-state index is 10.3. The number of hydrogen-bond acceptors (Lipinski definition) is 2. The summed E-state index contributed by atoms with van der Waals surface area (Å²) in [7, 11) is 0. The first-order valence-corrected chi connectivity index (χ1v) is 5.15. The largest absolute Gasteiger partial charge is 0.145 e. The van der Waals surface area contributed by atoms with E-state index in [0.717, 1.165) is 9.13 Å². The van der Waals surface area contributed by atoms with Crippen molar-refractivity contribution in [1.29, 1.82) is 0 Å². The third-order valence-corrected chi connectivity index (χ3v) is 2.56. The molecule has 0 heterocycles. The molecule has 11 heavy (non-hydrogen) atoms. The van der Waals surface area contributed by atoms with Crippen LogP contribution in [-0.2, 0) is 5.33 Å². The smallest absolute Gasteiger partial charge is 0.113 e. The van der Waals surface area contributed by atoms with E-state index in [1.165, 1.54) is 0 Å². The van der Waals surface area contributed by atoms with Gasteiger partial charge in [0.2, 0.25) is 0 Å². The Morgan fingerprint density at radius 3 is 2.82 bits per heavy atom. The van der Waals surface area contributed by atoms with Crippen LogP contribution in [0, 0.1) is 8.48 Å². The lowest BCUT2D eigenvalue weighted by Crippen LogP contribution is -1.79. The first kappa shape index (κ1) is 9.12. The lowest BCUT2D eigenvalue weighted by molar-refractivity contribution is 1.35. The molecule has 1 rings (SSSR count). The standard InChI is InChI=1S/C7H5BrINO/c8-4-5-1-2-6(9)3-7(5)10-11/h1-3H,4H2. The van der Waals surface area contributed by atoms with Gasteiger partial charge in [0.1, 0.15) is 5.69 Å². The summed E-state index contributed by atoms with van der Waals surface area (Å²) in [6, 6.07) is 5.61. The van der Waals surface area contributed by atoms with Crippen molar-refractivity contribution in [1.82, 2.24) is 0 Å². The lowest BCUT2D eigenvalue weighted by Gasteiger charge is -1.98. The minimum atomic E-state index is 0.522. The summed E-state index contributed by atoms with van der Waals surface area (Å²) in [5.41, 5.74) is 1.45. The van der Waals surface area contributed by atoms with Gasteiger partial charge in [-0.15, -0.1) is 4.91 Å². The zero-order valence-corrected chi connectivity index (χ0v) is 9.29. The SMILES string of the molecule is O=Nc1cc(I)ccc1CBr. The second-order valence-corrected chi connectivity index (χ2v) is 3.80. The highest BCUT2D eigenvalue weighted by atomic mass is 127. The molecule has 0 saturated heterocycles. The number of benzene rings is 1. The predicted octanol–water partition coefficient (Wildman–Crippen LogP) is 3.58. The normalized spacial score (nSPS) is 9.64. The van der Waals surface area contributed by atoms with Gasteiger partial charge in [-0.3, -0.25) is 0 Å². The summed E-state index contributed by atoms with van der Waals surface area (Å²) in [6.07, 6.45) is 0. The van der Waals surface area contributed by atoms with E-state index in [-0.39, 0.29) is 0 Å². The Labute approximate surface area is 86.6 Å². The van der Waals surface area contributed by atoms with Crippen LogP contribution >= 0.6 is 38.5 Å². The maximum absolute atomic E-state index is 10.3. The molecule has 0 amide bonds. The molecule has 0 aliphatic carbocycles. The van der Waals surface area contributed by atoms with Gasteiger partial charge in [0.25, 0.3) is 0 Å².